The minimum atomic E-state index is 0.823. The van der Waals surface area contributed by atoms with Crippen LogP contribution in [0.2, 0.25) is 0 Å². The maximum Gasteiger partial charge on any atom is 0.128 e. The molecule has 0 aliphatic rings. The van der Waals surface area contributed by atoms with E-state index in [2.05, 4.69) is 25.1 Å². The maximum absolute atomic E-state index is 5.57. The largest absolute Gasteiger partial charge is 0.497 e. The molecule has 0 aliphatic heterocycles. The summed E-state index contributed by atoms with van der Waals surface area (Å²) in [7, 11) is 5.06. The number of rotatable bonds is 5. The first-order valence-electron chi connectivity index (χ1n) is 6.94. The SMILES string of the molecule is COc1ccc(Cc2ccc(OC)c(C)c2OC)c(C)c1. The Labute approximate surface area is 126 Å². The summed E-state index contributed by atoms with van der Waals surface area (Å²) in [6, 6.07) is 10.2. The molecule has 0 radical (unpaired) electrons. The van der Waals surface area contributed by atoms with Gasteiger partial charge in [-0.25, -0.2) is 0 Å². The lowest BCUT2D eigenvalue weighted by Crippen LogP contribution is -2.00. The van der Waals surface area contributed by atoms with Gasteiger partial charge in [-0.3, -0.25) is 0 Å². The van der Waals surface area contributed by atoms with Crippen LogP contribution in [0.3, 0.4) is 0 Å². The van der Waals surface area contributed by atoms with Gasteiger partial charge in [0.2, 0.25) is 0 Å². The normalized spacial score (nSPS) is 10.3. The second-order valence-electron chi connectivity index (χ2n) is 5.05. The summed E-state index contributed by atoms with van der Waals surface area (Å²) in [5.41, 5.74) is 4.66. The van der Waals surface area contributed by atoms with Gasteiger partial charge >= 0.3 is 0 Å². The lowest BCUT2D eigenvalue weighted by atomic mass is 9.98. The zero-order valence-corrected chi connectivity index (χ0v) is 13.3. The second kappa shape index (κ2) is 6.53. The minimum Gasteiger partial charge on any atom is -0.497 e. The third-order valence-electron chi connectivity index (χ3n) is 3.79. The number of hydrogen-bond acceptors (Lipinski definition) is 3. The van der Waals surface area contributed by atoms with Crippen molar-refractivity contribution in [2.75, 3.05) is 21.3 Å². The molecule has 0 aromatic heterocycles. The molecular weight excluding hydrogens is 264 g/mol. The van der Waals surface area contributed by atoms with Gasteiger partial charge in [0.25, 0.3) is 0 Å². The highest BCUT2D eigenvalue weighted by atomic mass is 16.5. The van der Waals surface area contributed by atoms with E-state index in [1.54, 1.807) is 21.3 Å². The molecule has 0 spiro atoms. The van der Waals surface area contributed by atoms with E-state index in [0.717, 1.165) is 34.8 Å². The van der Waals surface area contributed by atoms with Gasteiger partial charge in [0.1, 0.15) is 17.2 Å². The predicted octanol–water partition coefficient (Wildman–Crippen LogP) is 3.92. The van der Waals surface area contributed by atoms with Gasteiger partial charge in [0.05, 0.1) is 21.3 Å². The average Bonchev–Trinajstić information content (AvgIpc) is 2.49. The van der Waals surface area contributed by atoms with Crippen LogP contribution in [0.15, 0.2) is 30.3 Å². The maximum atomic E-state index is 5.57. The van der Waals surface area contributed by atoms with Crippen LogP contribution in [0.5, 0.6) is 17.2 Å². The van der Waals surface area contributed by atoms with E-state index in [1.165, 1.54) is 11.1 Å². The Morgan fingerprint density at radius 2 is 1.52 bits per heavy atom. The quantitative estimate of drug-likeness (QED) is 0.833. The van der Waals surface area contributed by atoms with Gasteiger partial charge in [-0.05, 0) is 48.7 Å². The van der Waals surface area contributed by atoms with Crippen LogP contribution in [0.25, 0.3) is 0 Å². The van der Waals surface area contributed by atoms with Crippen molar-refractivity contribution in [2.45, 2.75) is 20.3 Å². The second-order valence-corrected chi connectivity index (χ2v) is 5.05. The van der Waals surface area contributed by atoms with Crippen molar-refractivity contribution in [2.24, 2.45) is 0 Å². The first-order chi connectivity index (χ1) is 10.1. The number of aryl methyl sites for hydroxylation is 1. The number of methoxy groups -OCH3 is 3. The molecule has 3 heteroatoms. The van der Waals surface area contributed by atoms with Gasteiger partial charge in [-0.1, -0.05) is 12.1 Å². The van der Waals surface area contributed by atoms with E-state index < -0.39 is 0 Å². The summed E-state index contributed by atoms with van der Waals surface area (Å²) in [6.07, 6.45) is 0.823. The summed E-state index contributed by atoms with van der Waals surface area (Å²) in [5.74, 6) is 2.63. The van der Waals surface area contributed by atoms with Gasteiger partial charge in [0, 0.05) is 12.0 Å². The van der Waals surface area contributed by atoms with Gasteiger partial charge < -0.3 is 14.2 Å². The van der Waals surface area contributed by atoms with Crippen LogP contribution in [-0.4, -0.2) is 21.3 Å². The zero-order chi connectivity index (χ0) is 15.4. The van der Waals surface area contributed by atoms with Crippen molar-refractivity contribution in [3.05, 3.63) is 52.6 Å². The molecule has 0 fully saturated rings. The van der Waals surface area contributed by atoms with Crippen molar-refractivity contribution in [3.8, 4) is 17.2 Å². The van der Waals surface area contributed by atoms with Crippen molar-refractivity contribution in [1.29, 1.82) is 0 Å². The van der Waals surface area contributed by atoms with E-state index in [0.29, 0.717) is 0 Å². The molecule has 0 atom stereocenters. The molecule has 21 heavy (non-hydrogen) atoms. The fourth-order valence-corrected chi connectivity index (χ4v) is 2.57. The van der Waals surface area contributed by atoms with E-state index in [1.807, 2.05) is 19.1 Å². The van der Waals surface area contributed by atoms with Crippen molar-refractivity contribution in [3.63, 3.8) is 0 Å². The van der Waals surface area contributed by atoms with E-state index >= 15 is 0 Å². The Bertz CT molecular complexity index is 633. The molecule has 2 aromatic carbocycles. The predicted molar refractivity (Wildman–Crippen MR) is 84.8 cm³/mol. The fourth-order valence-electron chi connectivity index (χ4n) is 2.57. The first-order valence-corrected chi connectivity index (χ1v) is 6.94. The van der Waals surface area contributed by atoms with Gasteiger partial charge in [-0.2, -0.15) is 0 Å². The number of benzene rings is 2. The molecule has 2 aromatic rings. The molecular formula is C18H22O3. The molecule has 2 rings (SSSR count). The minimum absolute atomic E-state index is 0.823. The van der Waals surface area contributed by atoms with E-state index in [4.69, 9.17) is 14.2 Å². The molecule has 0 aliphatic carbocycles. The van der Waals surface area contributed by atoms with Crippen molar-refractivity contribution in [1.82, 2.24) is 0 Å². The lowest BCUT2D eigenvalue weighted by Gasteiger charge is -2.15. The van der Waals surface area contributed by atoms with E-state index in [9.17, 15) is 0 Å². The number of ether oxygens (including phenoxy) is 3. The summed E-state index contributed by atoms with van der Waals surface area (Å²) in [5, 5.41) is 0. The molecule has 0 unspecified atom stereocenters. The van der Waals surface area contributed by atoms with Crippen LogP contribution in [0.1, 0.15) is 22.3 Å². The molecule has 3 nitrogen and oxygen atoms in total. The highest BCUT2D eigenvalue weighted by Gasteiger charge is 2.12. The summed E-state index contributed by atoms with van der Waals surface area (Å²) >= 11 is 0. The summed E-state index contributed by atoms with van der Waals surface area (Å²) in [4.78, 5) is 0. The molecule has 0 N–H and O–H groups in total. The average molecular weight is 286 g/mol. The molecule has 0 amide bonds. The number of hydrogen-bond donors (Lipinski definition) is 0. The Balaban J connectivity index is 2.37. The summed E-state index contributed by atoms with van der Waals surface area (Å²) in [6.45, 7) is 4.11. The molecule has 0 saturated heterocycles. The molecule has 0 saturated carbocycles. The zero-order valence-electron chi connectivity index (χ0n) is 13.3. The first kappa shape index (κ1) is 15.2. The Kier molecular flexibility index (Phi) is 4.73. The monoisotopic (exact) mass is 286 g/mol. The highest BCUT2D eigenvalue weighted by molar-refractivity contribution is 5.51. The smallest absolute Gasteiger partial charge is 0.128 e. The Hall–Kier alpha value is -2.16. The van der Waals surface area contributed by atoms with Gasteiger partial charge in [-0.15, -0.1) is 0 Å². The fraction of sp³-hybridized carbons (Fsp3) is 0.333. The highest BCUT2D eigenvalue weighted by Crippen LogP contribution is 2.33. The van der Waals surface area contributed by atoms with E-state index in [-0.39, 0.29) is 0 Å². The molecule has 0 bridgehead atoms. The van der Waals surface area contributed by atoms with Crippen LogP contribution >= 0.6 is 0 Å². The Morgan fingerprint density at radius 1 is 0.810 bits per heavy atom. The van der Waals surface area contributed by atoms with Crippen LogP contribution < -0.4 is 14.2 Å². The Morgan fingerprint density at radius 3 is 2.10 bits per heavy atom. The van der Waals surface area contributed by atoms with Crippen LogP contribution in [-0.2, 0) is 6.42 Å². The van der Waals surface area contributed by atoms with Crippen LogP contribution in [0, 0.1) is 13.8 Å². The van der Waals surface area contributed by atoms with Crippen molar-refractivity contribution >= 4 is 0 Å². The van der Waals surface area contributed by atoms with Crippen LogP contribution in [0.4, 0.5) is 0 Å². The summed E-state index contributed by atoms with van der Waals surface area (Å²) < 4.78 is 16.2. The molecule has 112 valence electrons. The van der Waals surface area contributed by atoms with Gasteiger partial charge in [0.15, 0.2) is 0 Å². The third kappa shape index (κ3) is 3.13. The molecule has 0 heterocycles. The third-order valence-corrected chi connectivity index (χ3v) is 3.79. The lowest BCUT2D eigenvalue weighted by molar-refractivity contribution is 0.386. The topological polar surface area (TPSA) is 27.7 Å². The van der Waals surface area contributed by atoms with Crippen molar-refractivity contribution < 1.29 is 14.2 Å². The standard InChI is InChI=1S/C18H22O3/c1-12-10-16(19-3)8-6-14(12)11-15-7-9-17(20-4)13(2)18(15)21-5/h6-10H,11H2,1-5H3.